The molecule has 2 aromatic rings. The van der Waals surface area contributed by atoms with E-state index in [1.165, 1.54) is 23.6 Å². The number of phenols is 1. The fourth-order valence-corrected chi connectivity index (χ4v) is 3.46. The predicted octanol–water partition coefficient (Wildman–Crippen LogP) is 5.59. The van der Waals surface area contributed by atoms with Crippen molar-refractivity contribution < 1.29 is 14.6 Å². The summed E-state index contributed by atoms with van der Waals surface area (Å²) in [5.41, 5.74) is 6.63. The zero-order chi connectivity index (χ0) is 18.8. The molecule has 0 heterocycles. The number of hydrogen-bond acceptors (Lipinski definition) is 2. The normalized spacial score (nSPS) is 14.2. The fourth-order valence-electron chi connectivity index (χ4n) is 3.01. The van der Waals surface area contributed by atoms with Crippen LogP contribution in [0.4, 0.5) is 0 Å². The highest BCUT2D eigenvalue weighted by atomic mass is 31.2. The van der Waals surface area contributed by atoms with E-state index in [9.17, 15) is 14.6 Å². The van der Waals surface area contributed by atoms with Crippen molar-refractivity contribution in [1.29, 1.82) is 0 Å². The summed E-state index contributed by atoms with van der Waals surface area (Å²) in [7, 11) is -3.15. The standard InChI is InChI=1S/C21H27O3P/c1-14(2)19-12-17(6-7-21(19)22)13-20-15(3)10-18(11-16(20)4)8-9-25(5,23)24/h6-12,14,22H,13H2,1-5H3,(H,23,24)/b9-8+. The van der Waals surface area contributed by atoms with Gasteiger partial charge in [-0.05, 0) is 71.7 Å². The molecule has 25 heavy (non-hydrogen) atoms. The van der Waals surface area contributed by atoms with Gasteiger partial charge in [-0.25, -0.2) is 0 Å². The van der Waals surface area contributed by atoms with Gasteiger partial charge in [0.25, 0.3) is 0 Å². The van der Waals surface area contributed by atoms with Gasteiger partial charge in [0, 0.05) is 12.5 Å². The maximum atomic E-state index is 11.4. The van der Waals surface area contributed by atoms with Crippen molar-refractivity contribution >= 4 is 13.4 Å². The highest BCUT2D eigenvalue weighted by molar-refractivity contribution is 7.60. The summed E-state index contributed by atoms with van der Waals surface area (Å²) in [6.07, 6.45) is 2.51. The molecule has 3 nitrogen and oxygen atoms in total. The Kier molecular flexibility index (Phi) is 5.92. The number of aromatic hydroxyl groups is 1. The van der Waals surface area contributed by atoms with Crippen LogP contribution >= 0.6 is 7.37 Å². The maximum Gasteiger partial charge on any atom is 0.219 e. The minimum absolute atomic E-state index is 0.276. The van der Waals surface area contributed by atoms with Crippen LogP contribution in [-0.4, -0.2) is 16.7 Å². The predicted molar refractivity (Wildman–Crippen MR) is 106 cm³/mol. The van der Waals surface area contributed by atoms with E-state index in [0.29, 0.717) is 5.75 Å². The summed E-state index contributed by atoms with van der Waals surface area (Å²) in [4.78, 5) is 9.41. The number of aryl methyl sites for hydroxylation is 2. The molecular formula is C21H27O3P. The van der Waals surface area contributed by atoms with Gasteiger partial charge in [-0.3, -0.25) is 4.57 Å². The van der Waals surface area contributed by atoms with E-state index in [-0.39, 0.29) is 5.92 Å². The van der Waals surface area contributed by atoms with Crippen molar-refractivity contribution in [2.24, 2.45) is 0 Å². The van der Waals surface area contributed by atoms with Gasteiger partial charge >= 0.3 is 0 Å². The molecule has 0 spiro atoms. The third kappa shape index (κ3) is 5.32. The molecule has 1 unspecified atom stereocenters. The lowest BCUT2D eigenvalue weighted by Gasteiger charge is -2.14. The molecule has 4 heteroatoms. The van der Waals surface area contributed by atoms with Crippen LogP contribution in [0.2, 0.25) is 0 Å². The zero-order valence-electron chi connectivity index (χ0n) is 15.6. The Balaban J connectivity index is 2.34. The third-order valence-electron chi connectivity index (χ3n) is 4.36. The van der Waals surface area contributed by atoms with Gasteiger partial charge in [0.05, 0.1) is 0 Å². The van der Waals surface area contributed by atoms with Crippen molar-refractivity contribution in [2.75, 3.05) is 6.66 Å². The van der Waals surface area contributed by atoms with E-state index in [1.807, 2.05) is 18.2 Å². The molecule has 0 bridgehead atoms. The first-order valence-electron chi connectivity index (χ1n) is 8.48. The Morgan fingerprint density at radius 1 is 1.12 bits per heavy atom. The molecule has 2 rings (SSSR count). The SMILES string of the molecule is Cc1cc(/C=C/P(C)(=O)O)cc(C)c1Cc1ccc(O)c(C(C)C)c1. The lowest BCUT2D eigenvalue weighted by molar-refractivity contribution is 0.464. The summed E-state index contributed by atoms with van der Waals surface area (Å²) in [5, 5.41) is 9.99. The Morgan fingerprint density at radius 3 is 2.24 bits per heavy atom. The van der Waals surface area contributed by atoms with Gasteiger partial charge in [-0.2, -0.15) is 0 Å². The lowest BCUT2D eigenvalue weighted by Crippen LogP contribution is -1.98. The minimum atomic E-state index is -3.15. The molecule has 0 aliphatic rings. The van der Waals surface area contributed by atoms with Crippen molar-refractivity contribution in [1.82, 2.24) is 0 Å². The summed E-state index contributed by atoms with van der Waals surface area (Å²) < 4.78 is 11.4. The second-order valence-corrected chi connectivity index (χ2v) is 9.30. The molecule has 0 saturated carbocycles. The second kappa shape index (κ2) is 7.59. The first-order chi connectivity index (χ1) is 11.6. The van der Waals surface area contributed by atoms with E-state index in [4.69, 9.17) is 0 Å². The van der Waals surface area contributed by atoms with Crippen LogP contribution in [0.25, 0.3) is 6.08 Å². The minimum Gasteiger partial charge on any atom is -0.508 e. The van der Waals surface area contributed by atoms with E-state index < -0.39 is 7.37 Å². The van der Waals surface area contributed by atoms with Crippen molar-refractivity contribution in [3.63, 3.8) is 0 Å². The Hall–Kier alpha value is -1.83. The Labute approximate surface area is 150 Å². The van der Waals surface area contributed by atoms with Crippen molar-refractivity contribution in [2.45, 2.75) is 40.0 Å². The Bertz CT molecular complexity index is 821. The average Bonchev–Trinajstić information content (AvgIpc) is 2.49. The topological polar surface area (TPSA) is 57.5 Å². The largest absolute Gasteiger partial charge is 0.508 e. The fraction of sp³-hybridized carbons (Fsp3) is 0.333. The number of benzene rings is 2. The van der Waals surface area contributed by atoms with E-state index in [2.05, 4.69) is 33.8 Å². The molecule has 0 saturated heterocycles. The van der Waals surface area contributed by atoms with Gasteiger partial charge in [0.2, 0.25) is 7.37 Å². The molecule has 2 aromatic carbocycles. The summed E-state index contributed by atoms with van der Waals surface area (Å²) in [5.74, 6) is 1.99. The summed E-state index contributed by atoms with van der Waals surface area (Å²) in [6, 6.07) is 9.89. The molecule has 0 radical (unpaired) electrons. The average molecular weight is 358 g/mol. The van der Waals surface area contributed by atoms with Crippen LogP contribution < -0.4 is 0 Å². The lowest BCUT2D eigenvalue weighted by atomic mass is 9.92. The molecule has 0 aromatic heterocycles. The van der Waals surface area contributed by atoms with Gasteiger partial charge in [0.15, 0.2) is 0 Å². The van der Waals surface area contributed by atoms with Crippen LogP contribution in [0.15, 0.2) is 36.1 Å². The zero-order valence-corrected chi connectivity index (χ0v) is 16.5. The molecule has 0 aliphatic heterocycles. The molecule has 0 amide bonds. The maximum absolute atomic E-state index is 11.4. The molecule has 2 N–H and O–H groups in total. The van der Waals surface area contributed by atoms with E-state index in [0.717, 1.165) is 28.7 Å². The monoisotopic (exact) mass is 358 g/mol. The number of rotatable bonds is 5. The van der Waals surface area contributed by atoms with E-state index >= 15 is 0 Å². The molecule has 1 atom stereocenters. The van der Waals surface area contributed by atoms with Crippen LogP contribution in [0.5, 0.6) is 5.75 Å². The van der Waals surface area contributed by atoms with Crippen LogP contribution in [0.1, 0.15) is 53.1 Å². The van der Waals surface area contributed by atoms with Gasteiger partial charge in [-0.1, -0.05) is 38.1 Å². The van der Waals surface area contributed by atoms with Crippen molar-refractivity contribution in [3.8, 4) is 5.75 Å². The van der Waals surface area contributed by atoms with Crippen LogP contribution in [-0.2, 0) is 11.0 Å². The quantitative estimate of drug-likeness (QED) is 0.685. The highest BCUT2D eigenvalue weighted by Gasteiger charge is 2.10. The summed E-state index contributed by atoms with van der Waals surface area (Å²) in [6.45, 7) is 9.60. The first-order valence-corrected chi connectivity index (χ1v) is 10.7. The third-order valence-corrected chi connectivity index (χ3v) is 5.06. The van der Waals surface area contributed by atoms with Gasteiger partial charge in [-0.15, -0.1) is 0 Å². The molecule has 0 aliphatic carbocycles. The van der Waals surface area contributed by atoms with Gasteiger partial charge < -0.3 is 10.00 Å². The second-order valence-electron chi connectivity index (χ2n) is 7.12. The molecular weight excluding hydrogens is 331 g/mol. The molecule has 134 valence electrons. The van der Waals surface area contributed by atoms with Crippen LogP contribution in [0.3, 0.4) is 0 Å². The highest BCUT2D eigenvalue weighted by Crippen LogP contribution is 2.37. The van der Waals surface area contributed by atoms with Crippen LogP contribution in [0, 0.1) is 13.8 Å². The smallest absolute Gasteiger partial charge is 0.219 e. The van der Waals surface area contributed by atoms with Gasteiger partial charge in [0.1, 0.15) is 5.75 Å². The summed E-state index contributed by atoms with van der Waals surface area (Å²) >= 11 is 0. The number of phenolic OH excluding ortho intramolecular Hbond substituents is 1. The molecule has 0 fully saturated rings. The van der Waals surface area contributed by atoms with E-state index in [1.54, 1.807) is 12.1 Å². The Morgan fingerprint density at radius 2 is 1.72 bits per heavy atom. The van der Waals surface area contributed by atoms with Crippen molar-refractivity contribution in [3.05, 3.63) is 69.5 Å². The number of hydrogen-bond donors (Lipinski definition) is 2. The first kappa shape index (κ1) is 19.5.